The van der Waals surface area contributed by atoms with Gasteiger partial charge in [-0.05, 0) is 37.1 Å². The molecule has 23 heavy (non-hydrogen) atoms. The van der Waals surface area contributed by atoms with E-state index in [0.29, 0.717) is 12.0 Å². The zero-order valence-electron chi connectivity index (χ0n) is 13.6. The molecular weight excluding hydrogens is 323 g/mol. The average molecular weight is 344 g/mol. The van der Waals surface area contributed by atoms with Crippen LogP contribution in [0, 0.1) is 0 Å². The van der Waals surface area contributed by atoms with Crippen LogP contribution in [0.3, 0.4) is 0 Å². The molecule has 128 valence electrons. The van der Waals surface area contributed by atoms with Crippen LogP contribution in [0.4, 0.5) is 0 Å². The van der Waals surface area contributed by atoms with E-state index in [-0.39, 0.29) is 23.4 Å². The monoisotopic (exact) mass is 344 g/mol. The van der Waals surface area contributed by atoms with E-state index in [1.165, 1.54) is 32.4 Å². The second-order valence-corrected chi connectivity index (χ2v) is 6.82. The minimum atomic E-state index is -3.91. The molecule has 0 amide bonds. The van der Waals surface area contributed by atoms with Gasteiger partial charge in [0, 0.05) is 0 Å². The summed E-state index contributed by atoms with van der Waals surface area (Å²) in [6, 6.07) is 4.08. The van der Waals surface area contributed by atoms with Gasteiger partial charge in [0.1, 0.15) is 0 Å². The summed E-state index contributed by atoms with van der Waals surface area (Å²) < 4.78 is 26.5. The second kappa shape index (κ2) is 8.24. The molecule has 0 saturated carbocycles. The molecule has 0 spiro atoms. The number of methoxy groups -OCH3 is 2. The third-order valence-corrected chi connectivity index (χ3v) is 4.59. The van der Waals surface area contributed by atoms with Crippen LogP contribution in [0.15, 0.2) is 18.2 Å². The number of carbonyl (C=O) groups is 2. The zero-order chi connectivity index (χ0) is 17.6. The number of carbonyl (C=O) groups excluding carboxylic acids is 2. The lowest BCUT2D eigenvalue weighted by atomic mass is 10.1. The number of hydrogen-bond acceptors (Lipinski definition) is 6. The van der Waals surface area contributed by atoms with E-state index in [9.17, 15) is 19.0 Å². The molecule has 1 N–H and O–H groups in total. The van der Waals surface area contributed by atoms with Gasteiger partial charge in [-0.25, -0.2) is 9.59 Å². The Hall–Kier alpha value is -1.69. The highest BCUT2D eigenvalue weighted by Crippen LogP contribution is 2.47. The first-order chi connectivity index (χ1) is 10.7. The van der Waals surface area contributed by atoms with E-state index in [2.05, 4.69) is 9.47 Å². The largest absolute Gasteiger partial charge is 0.465 e. The lowest BCUT2D eigenvalue weighted by molar-refractivity contribution is 0.0598. The molecule has 0 aliphatic carbocycles. The standard InChI is InChI=1S/C15H21O7P/c1-5-10(2)22-23(18,19)9-11-6-12(14(16)20-3)8-13(7-11)15(17)21-4/h6-8,10H,5,9H2,1-4H3,(H,18,19). The normalized spacial score (nSPS) is 14.7. The van der Waals surface area contributed by atoms with Crippen LogP contribution < -0.4 is 0 Å². The molecule has 8 heteroatoms. The van der Waals surface area contributed by atoms with Crippen molar-refractivity contribution in [1.29, 1.82) is 0 Å². The lowest BCUT2D eigenvalue weighted by Crippen LogP contribution is -2.09. The predicted molar refractivity (Wildman–Crippen MR) is 83.5 cm³/mol. The van der Waals surface area contributed by atoms with Crippen molar-refractivity contribution in [2.24, 2.45) is 0 Å². The third-order valence-electron chi connectivity index (χ3n) is 3.14. The van der Waals surface area contributed by atoms with Crippen LogP contribution >= 0.6 is 7.60 Å². The molecule has 2 atom stereocenters. The van der Waals surface area contributed by atoms with Crippen molar-refractivity contribution >= 4 is 19.5 Å². The van der Waals surface area contributed by atoms with Gasteiger partial charge in [-0.3, -0.25) is 4.57 Å². The molecule has 0 aliphatic heterocycles. The molecule has 0 fully saturated rings. The maximum absolute atomic E-state index is 12.2. The lowest BCUT2D eigenvalue weighted by Gasteiger charge is -2.17. The van der Waals surface area contributed by atoms with Gasteiger partial charge in [-0.15, -0.1) is 0 Å². The van der Waals surface area contributed by atoms with Crippen molar-refractivity contribution in [3.63, 3.8) is 0 Å². The number of ether oxygens (including phenoxy) is 2. The highest BCUT2D eigenvalue weighted by atomic mass is 31.2. The second-order valence-electron chi connectivity index (χ2n) is 5.02. The molecule has 0 aliphatic rings. The van der Waals surface area contributed by atoms with Crippen molar-refractivity contribution in [2.45, 2.75) is 32.5 Å². The van der Waals surface area contributed by atoms with Crippen molar-refractivity contribution < 1.29 is 33.0 Å². The van der Waals surface area contributed by atoms with Crippen molar-refractivity contribution in [2.75, 3.05) is 14.2 Å². The summed E-state index contributed by atoms with van der Waals surface area (Å²) in [5, 5.41) is 0. The summed E-state index contributed by atoms with van der Waals surface area (Å²) in [7, 11) is -1.50. The van der Waals surface area contributed by atoms with Gasteiger partial charge >= 0.3 is 19.5 Å². The van der Waals surface area contributed by atoms with E-state index < -0.39 is 19.5 Å². The minimum absolute atomic E-state index is 0.0916. The average Bonchev–Trinajstić information content (AvgIpc) is 2.51. The number of benzene rings is 1. The Kier molecular flexibility index (Phi) is 6.94. The van der Waals surface area contributed by atoms with Crippen LogP contribution in [0.5, 0.6) is 0 Å². The molecule has 7 nitrogen and oxygen atoms in total. The van der Waals surface area contributed by atoms with Crippen LogP contribution in [0.1, 0.15) is 46.5 Å². The molecule has 0 saturated heterocycles. The topological polar surface area (TPSA) is 99.1 Å². The van der Waals surface area contributed by atoms with Gasteiger partial charge < -0.3 is 18.9 Å². The highest BCUT2D eigenvalue weighted by molar-refractivity contribution is 7.52. The van der Waals surface area contributed by atoms with Gasteiger partial charge in [0.15, 0.2) is 0 Å². The summed E-state index contributed by atoms with van der Waals surface area (Å²) in [6.07, 6.45) is -0.124. The van der Waals surface area contributed by atoms with Crippen LogP contribution in [-0.4, -0.2) is 37.2 Å². The molecule has 2 unspecified atom stereocenters. The van der Waals surface area contributed by atoms with Crippen LogP contribution in [0.25, 0.3) is 0 Å². The van der Waals surface area contributed by atoms with Crippen molar-refractivity contribution in [1.82, 2.24) is 0 Å². The predicted octanol–water partition coefficient (Wildman–Crippen LogP) is 2.76. The Labute approximate surface area is 135 Å². The van der Waals surface area contributed by atoms with Gasteiger partial charge in [0.25, 0.3) is 0 Å². The quantitative estimate of drug-likeness (QED) is 0.600. The van der Waals surface area contributed by atoms with E-state index in [1.807, 2.05) is 6.92 Å². The summed E-state index contributed by atoms with van der Waals surface area (Å²) in [5.41, 5.74) is 0.491. The SMILES string of the molecule is CCC(C)OP(=O)(O)Cc1cc(C(=O)OC)cc(C(=O)OC)c1. The maximum Gasteiger partial charge on any atom is 0.337 e. The minimum Gasteiger partial charge on any atom is -0.465 e. The number of rotatable bonds is 7. The highest BCUT2D eigenvalue weighted by Gasteiger charge is 2.24. The molecule has 0 radical (unpaired) electrons. The fraction of sp³-hybridized carbons (Fsp3) is 0.467. The third kappa shape index (κ3) is 5.78. The molecule has 0 heterocycles. The van der Waals surface area contributed by atoms with Gasteiger partial charge in [-0.1, -0.05) is 6.92 Å². The van der Waals surface area contributed by atoms with E-state index in [4.69, 9.17) is 4.52 Å². The smallest absolute Gasteiger partial charge is 0.337 e. The van der Waals surface area contributed by atoms with E-state index in [1.54, 1.807) is 6.92 Å². The van der Waals surface area contributed by atoms with Crippen molar-refractivity contribution in [3.8, 4) is 0 Å². The van der Waals surface area contributed by atoms with Gasteiger partial charge in [-0.2, -0.15) is 0 Å². The Morgan fingerprint density at radius 2 is 1.61 bits per heavy atom. The zero-order valence-corrected chi connectivity index (χ0v) is 14.5. The maximum atomic E-state index is 12.2. The number of esters is 2. The Morgan fingerprint density at radius 1 is 1.13 bits per heavy atom. The van der Waals surface area contributed by atoms with E-state index in [0.717, 1.165) is 0 Å². The van der Waals surface area contributed by atoms with Crippen LogP contribution in [-0.2, 0) is 24.7 Å². The molecule has 1 aromatic rings. The first kappa shape index (κ1) is 19.4. The van der Waals surface area contributed by atoms with Crippen LogP contribution in [0.2, 0.25) is 0 Å². The Bertz CT molecular complexity index is 592. The molecule has 0 aromatic heterocycles. The first-order valence-electron chi connectivity index (χ1n) is 7.03. The van der Waals surface area contributed by atoms with Crippen molar-refractivity contribution in [3.05, 3.63) is 34.9 Å². The van der Waals surface area contributed by atoms with Gasteiger partial charge in [0.2, 0.25) is 0 Å². The Balaban J connectivity index is 3.16. The fourth-order valence-corrected chi connectivity index (χ4v) is 3.31. The molecule has 1 rings (SSSR count). The summed E-state index contributed by atoms with van der Waals surface area (Å²) in [4.78, 5) is 33.3. The number of hydrogen-bond donors (Lipinski definition) is 1. The summed E-state index contributed by atoms with van der Waals surface area (Å²) in [6.45, 7) is 3.52. The fourth-order valence-electron chi connectivity index (χ4n) is 1.88. The first-order valence-corrected chi connectivity index (χ1v) is 8.79. The summed E-state index contributed by atoms with van der Waals surface area (Å²) >= 11 is 0. The Morgan fingerprint density at radius 3 is 2.00 bits per heavy atom. The van der Waals surface area contributed by atoms with E-state index >= 15 is 0 Å². The summed E-state index contributed by atoms with van der Waals surface area (Å²) in [5.74, 6) is -1.32. The molecular formula is C15H21O7P. The molecule has 1 aromatic carbocycles. The molecule has 0 bridgehead atoms. The van der Waals surface area contributed by atoms with Gasteiger partial charge in [0.05, 0.1) is 37.6 Å².